The molecule has 0 aliphatic carbocycles. The van der Waals surface area contributed by atoms with E-state index < -0.39 is 0 Å². The van der Waals surface area contributed by atoms with E-state index in [1.165, 1.54) is 0 Å². The number of carbonyl (C=O) groups excluding carboxylic acids is 1. The standard InChI is InChI=1S/C15H20N2O3/c1-2-19-15(18)12-4-3-5-13(16)14(12)17-8-10-6-7-11(9-17)20-10/h3-5,10-11H,2,6-9,16H2,1H3. The molecule has 2 aliphatic heterocycles. The number of nitrogens with zero attached hydrogens (tertiary/aromatic N) is 1. The van der Waals surface area contributed by atoms with Gasteiger partial charge in [-0.05, 0) is 31.9 Å². The molecule has 108 valence electrons. The van der Waals surface area contributed by atoms with Crippen LogP contribution in [0.15, 0.2) is 18.2 Å². The lowest BCUT2D eigenvalue weighted by Gasteiger charge is -2.35. The van der Waals surface area contributed by atoms with Crippen LogP contribution in [0.25, 0.3) is 0 Å². The van der Waals surface area contributed by atoms with Crippen molar-refractivity contribution in [1.29, 1.82) is 0 Å². The van der Waals surface area contributed by atoms with E-state index in [9.17, 15) is 4.79 Å². The quantitative estimate of drug-likeness (QED) is 0.674. The molecule has 0 saturated carbocycles. The van der Waals surface area contributed by atoms with Crippen molar-refractivity contribution in [2.45, 2.75) is 32.0 Å². The summed E-state index contributed by atoms with van der Waals surface area (Å²) in [5.74, 6) is -0.311. The highest BCUT2D eigenvalue weighted by atomic mass is 16.5. The van der Waals surface area contributed by atoms with Crippen molar-refractivity contribution in [1.82, 2.24) is 0 Å². The summed E-state index contributed by atoms with van der Waals surface area (Å²) in [7, 11) is 0. The number of anilines is 2. The van der Waals surface area contributed by atoms with Crippen LogP contribution < -0.4 is 10.6 Å². The molecule has 1 aromatic rings. The molecule has 1 aromatic carbocycles. The summed E-state index contributed by atoms with van der Waals surface area (Å²) >= 11 is 0. The fourth-order valence-electron chi connectivity index (χ4n) is 3.09. The lowest BCUT2D eigenvalue weighted by atomic mass is 10.1. The second-order valence-electron chi connectivity index (χ2n) is 5.33. The van der Waals surface area contributed by atoms with Crippen molar-refractivity contribution in [3.8, 4) is 0 Å². The van der Waals surface area contributed by atoms with Crippen LogP contribution in [0, 0.1) is 0 Å². The first-order valence-corrected chi connectivity index (χ1v) is 7.15. The first-order chi connectivity index (χ1) is 9.69. The Morgan fingerprint density at radius 1 is 1.40 bits per heavy atom. The summed E-state index contributed by atoms with van der Waals surface area (Å²) in [6.07, 6.45) is 2.68. The zero-order chi connectivity index (χ0) is 14.1. The van der Waals surface area contributed by atoms with E-state index in [4.69, 9.17) is 15.2 Å². The van der Waals surface area contributed by atoms with Gasteiger partial charge in [-0.15, -0.1) is 0 Å². The fraction of sp³-hybridized carbons (Fsp3) is 0.533. The predicted molar refractivity (Wildman–Crippen MR) is 76.9 cm³/mol. The van der Waals surface area contributed by atoms with E-state index in [0.29, 0.717) is 17.9 Å². The minimum atomic E-state index is -0.311. The van der Waals surface area contributed by atoms with Gasteiger partial charge < -0.3 is 20.1 Å². The second-order valence-corrected chi connectivity index (χ2v) is 5.33. The van der Waals surface area contributed by atoms with Crippen LogP contribution in [0.5, 0.6) is 0 Å². The minimum Gasteiger partial charge on any atom is -0.462 e. The normalized spacial score (nSPS) is 24.8. The van der Waals surface area contributed by atoms with Gasteiger partial charge in [0, 0.05) is 13.1 Å². The molecule has 2 unspecified atom stereocenters. The third kappa shape index (κ3) is 2.33. The number of para-hydroxylation sites is 1. The molecule has 0 spiro atoms. The Morgan fingerprint density at radius 3 is 2.75 bits per heavy atom. The van der Waals surface area contributed by atoms with Gasteiger partial charge >= 0.3 is 5.97 Å². The average Bonchev–Trinajstić information content (AvgIpc) is 2.77. The van der Waals surface area contributed by atoms with Crippen LogP contribution >= 0.6 is 0 Å². The van der Waals surface area contributed by atoms with Gasteiger partial charge in [0.05, 0.1) is 35.8 Å². The van der Waals surface area contributed by atoms with E-state index in [0.717, 1.165) is 31.6 Å². The van der Waals surface area contributed by atoms with Gasteiger partial charge in [-0.1, -0.05) is 6.07 Å². The highest BCUT2D eigenvalue weighted by Gasteiger charge is 2.35. The van der Waals surface area contributed by atoms with Crippen molar-refractivity contribution >= 4 is 17.3 Å². The number of carbonyl (C=O) groups is 1. The average molecular weight is 276 g/mol. The SMILES string of the molecule is CCOC(=O)c1cccc(N)c1N1CC2CCC(C1)O2. The van der Waals surface area contributed by atoms with Crippen LogP contribution in [0.4, 0.5) is 11.4 Å². The number of hydrogen-bond donors (Lipinski definition) is 1. The number of nitrogens with two attached hydrogens (primary N) is 1. The molecule has 0 radical (unpaired) electrons. The van der Waals surface area contributed by atoms with Gasteiger partial charge in [0.2, 0.25) is 0 Å². The van der Waals surface area contributed by atoms with Gasteiger partial charge in [0.25, 0.3) is 0 Å². The number of benzene rings is 1. The summed E-state index contributed by atoms with van der Waals surface area (Å²) in [6, 6.07) is 5.40. The maximum absolute atomic E-state index is 12.1. The Bertz CT molecular complexity index is 506. The van der Waals surface area contributed by atoms with Crippen molar-refractivity contribution < 1.29 is 14.3 Å². The van der Waals surface area contributed by atoms with E-state index in [-0.39, 0.29) is 18.2 Å². The molecular weight excluding hydrogens is 256 g/mol. The highest BCUT2D eigenvalue weighted by Crippen LogP contribution is 2.35. The first kappa shape index (κ1) is 13.2. The lowest BCUT2D eigenvalue weighted by molar-refractivity contribution is 0.0302. The van der Waals surface area contributed by atoms with E-state index >= 15 is 0 Å². The molecule has 2 N–H and O–H groups in total. The van der Waals surface area contributed by atoms with Gasteiger partial charge in [-0.2, -0.15) is 0 Å². The van der Waals surface area contributed by atoms with Crippen LogP contribution in [0.1, 0.15) is 30.1 Å². The monoisotopic (exact) mass is 276 g/mol. The topological polar surface area (TPSA) is 64.8 Å². The third-order valence-electron chi connectivity index (χ3n) is 3.92. The van der Waals surface area contributed by atoms with Gasteiger partial charge in [0.15, 0.2) is 0 Å². The molecule has 5 heteroatoms. The fourth-order valence-corrected chi connectivity index (χ4v) is 3.09. The molecule has 5 nitrogen and oxygen atoms in total. The molecule has 2 bridgehead atoms. The van der Waals surface area contributed by atoms with Crippen LogP contribution in [-0.2, 0) is 9.47 Å². The molecule has 2 heterocycles. The molecule has 2 aliphatic rings. The summed E-state index contributed by atoms with van der Waals surface area (Å²) in [5.41, 5.74) is 8.08. The maximum atomic E-state index is 12.1. The van der Waals surface area contributed by atoms with Gasteiger partial charge in [-0.25, -0.2) is 4.79 Å². The smallest absolute Gasteiger partial charge is 0.340 e. The third-order valence-corrected chi connectivity index (χ3v) is 3.92. The molecule has 20 heavy (non-hydrogen) atoms. The van der Waals surface area contributed by atoms with Crippen LogP contribution in [0.2, 0.25) is 0 Å². The number of hydrogen-bond acceptors (Lipinski definition) is 5. The molecule has 2 saturated heterocycles. The zero-order valence-electron chi connectivity index (χ0n) is 11.7. The van der Waals surface area contributed by atoms with Crippen molar-refractivity contribution in [2.24, 2.45) is 0 Å². The molecule has 2 fully saturated rings. The Kier molecular flexibility index (Phi) is 3.53. The largest absolute Gasteiger partial charge is 0.462 e. The molecule has 0 amide bonds. The van der Waals surface area contributed by atoms with Crippen molar-refractivity contribution in [3.63, 3.8) is 0 Å². The lowest BCUT2D eigenvalue weighted by Crippen LogP contribution is -2.43. The summed E-state index contributed by atoms with van der Waals surface area (Å²) in [5, 5.41) is 0. The van der Waals surface area contributed by atoms with E-state index in [1.54, 1.807) is 19.1 Å². The van der Waals surface area contributed by atoms with Crippen molar-refractivity contribution in [3.05, 3.63) is 23.8 Å². The number of ether oxygens (including phenoxy) is 2. The number of rotatable bonds is 3. The van der Waals surface area contributed by atoms with Gasteiger partial charge in [0.1, 0.15) is 0 Å². The minimum absolute atomic E-state index is 0.253. The summed E-state index contributed by atoms with van der Waals surface area (Å²) in [6.45, 7) is 3.74. The van der Waals surface area contributed by atoms with Gasteiger partial charge in [-0.3, -0.25) is 0 Å². The molecule has 2 atom stereocenters. The summed E-state index contributed by atoms with van der Waals surface area (Å²) in [4.78, 5) is 14.3. The molecule has 0 aromatic heterocycles. The van der Waals surface area contributed by atoms with E-state index in [2.05, 4.69) is 4.90 Å². The maximum Gasteiger partial charge on any atom is 0.340 e. The Balaban J connectivity index is 1.93. The zero-order valence-corrected chi connectivity index (χ0v) is 11.7. The number of nitrogen functional groups attached to an aromatic ring is 1. The number of morpholine rings is 1. The Hall–Kier alpha value is -1.75. The number of esters is 1. The predicted octanol–water partition coefficient (Wildman–Crippen LogP) is 1.81. The molecular formula is C15H20N2O3. The Labute approximate surface area is 118 Å². The molecule has 3 rings (SSSR count). The second kappa shape index (κ2) is 5.32. The van der Waals surface area contributed by atoms with Crippen LogP contribution in [-0.4, -0.2) is 37.9 Å². The van der Waals surface area contributed by atoms with E-state index in [1.807, 2.05) is 6.07 Å². The first-order valence-electron chi connectivity index (χ1n) is 7.15. The van der Waals surface area contributed by atoms with Crippen LogP contribution in [0.3, 0.4) is 0 Å². The summed E-state index contributed by atoms with van der Waals surface area (Å²) < 4.78 is 11.0. The van der Waals surface area contributed by atoms with Crippen molar-refractivity contribution in [2.75, 3.05) is 30.3 Å². The highest BCUT2D eigenvalue weighted by molar-refractivity contribution is 5.99. The Morgan fingerprint density at radius 2 is 2.10 bits per heavy atom. The number of fused-ring (bicyclic) bond motifs is 2.